The zero-order chi connectivity index (χ0) is 15.9. The summed E-state index contributed by atoms with van der Waals surface area (Å²) in [4.78, 5) is 23.1. The first-order valence-corrected chi connectivity index (χ1v) is 7.44. The van der Waals surface area contributed by atoms with Crippen molar-refractivity contribution in [2.45, 2.75) is 25.7 Å². The SMILES string of the molecule is N=C(N)NC[C@H]1CC[C@H](C(=O)Oc2ccccc2C=O)CC1. The molecule has 2 rings (SSSR count). The molecule has 118 valence electrons. The number of para-hydroxylation sites is 1. The van der Waals surface area contributed by atoms with Crippen LogP contribution in [0.25, 0.3) is 0 Å². The first-order chi connectivity index (χ1) is 10.6. The van der Waals surface area contributed by atoms with E-state index >= 15 is 0 Å². The number of nitrogens with two attached hydrogens (primary N) is 1. The van der Waals surface area contributed by atoms with E-state index in [-0.39, 0.29) is 17.8 Å². The number of guanidine groups is 1. The summed E-state index contributed by atoms with van der Waals surface area (Å²) in [7, 11) is 0. The van der Waals surface area contributed by atoms with Crippen molar-refractivity contribution in [1.29, 1.82) is 5.41 Å². The molecule has 1 aliphatic carbocycles. The molecule has 4 N–H and O–H groups in total. The standard InChI is InChI=1S/C16H21N3O3/c17-16(18)19-9-11-5-7-12(8-6-11)15(21)22-14-4-2-1-3-13(14)10-20/h1-4,10-12H,5-9H2,(H4,17,18,19)/t11-,12-. The molecule has 1 aromatic rings. The number of hydrogen-bond acceptors (Lipinski definition) is 4. The molecule has 0 heterocycles. The third kappa shape index (κ3) is 4.31. The summed E-state index contributed by atoms with van der Waals surface area (Å²) in [5, 5.41) is 9.97. The van der Waals surface area contributed by atoms with Gasteiger partial charge in [0.1, 0.15) is 5.75 Å². The summed E-state index contributed by atoms with van der Waals surface area (Å²) in [6.45, 7) is 0.672. The molecule has 1 saturated carbocycles. The molecular formula is C16H21N3O3. The van der Waals surface area contributed by atoms with E-state index in [0.29, 0.717) is 30.1 Å². The zero-order valence-corrected chi connectivity index (χ0v) is 12.4. The summed E-state index contributed by atoms with van der Waals surface area (Å²) in [6, 6.07) is 6.72. The second-order valence-electron chi connectivity index (χ2n) is 5.59. The van der Waals surface area contributed by atoms with Crippen molar-refractivity contribution in [2.24, 2.45) is 17.6 Å². The van der Waals surface area contributed by atoms with E-state index in [2.05, 4.69) is 5.32 Å². The Morgan fingerprint density at radius 2 is 2.00 bits per heavy atom. The van der Waals surface area contributed by atoms with E-state index in [1.807, 2.05) is 0 Å². The molecule has 1 fully saturated rings. The van der Waals surface area contributed by atoms with E-state index in [0.717, 1.165) is 25.7 Å². The number of rotatable bonds is 5. The van der Waals surface area contributed by atoms with Crippen LogP contribution in [0.3, 0.4) is 0 Å². The number of esters is 1. The first kappa shape index (κ1) is 16.0. The van der Waals surface area contributed by atoms with Crippen molar-refractivity contribution in [3.05, 3.63) is 29.8 Å². The normalized spacial score (nSPS) is 20.9. The van der Waals surface area contributed by atoms with Crippen LogP contribution in [-0.2, 0) is 4.79 Å². The van der Waals surface area contributed by atoms with Gasteiger partial charge in [-0.3, -0.25) is 15.0 Å². The Kier molecular flexibility index (Phi) is 5.52. The second kappa shape index (κ2) is 7.59. The lowest BCUT2D eigenvalue weighted by atomic mass is 9.82. The van der Waals surface area contributed by atoms with E-state index in [1.54, 1.807) is 24.3 Å². The highest BCUT2D eigenvalue weighted by molar-refractivity contribution is 5.83. The van der Waals surface area contributed by atoms with Crippen LogP contribution in [0, 0.1) is 17.2 Å². The molecular weight excluding hydrogens is 282 g/mol. The van der Waals surface area contributed by atoms with Gasteiger partial charge < -0.3 is 15.8 Å². The van der Waals surface area contributed by atoms with Gasteiger partial charge in [-0.05, 0) is 43.7 Å². The van der Waals surface area contributed by atoms with Gasteiger partial charge in [-0.1, -0.05) is 12.1 Å². The lowest BCUT2D eigenvalue weighted by Gasteiger charge is -2.27. The zero-order valence-electron chi connectivity index (χ0n) is 12.4. The third-order valence-electron chi connectivity index (χ3n) is 4.02. The van der Waals surface area contributed by atoms with Gasteiger partial charge >= 0.3 is 5.97 Å². The van der Waals surface area contributed by atoms with Crippen LogP contribution < -0.4 is 15.8 Å². The molecule has 0 unspecified atom stereocenters. The van der Waals surface area contributed by atoms with Crippen molar-refractivity contribution >= 4 is 18.2 Å². The maximum Gasteiger partial charge on any atom is 0.314 e. The van der Waals surface area contributed by atoms with E-state index in [4.69, 9.17) is 15.9 Å². The molecule has 6 heteroatoms. The molecule has 0 radical (unpaired) electrons. The van der Waals surface area contributed by atoms with Crippen LogP contribution in [0.4, 0.5) is 0 Å². The molecule has 22 heavy (non-hydrogen) atoms. The van der Waals surface area contributed by atoms with Crippen molar-refractivity contribution in [3.8, 4) is 5.75 Å². The van der Waals surface area contributed by atoms with Crippen molar-refractivity contribution < 1.29 is 14.3 Å². The number of aldehydes is 1. The molecule has 0 aliphatic heterocycles. The Morgan fingerprint density at radius 1 is 1.32 bits per heavy atom. The van der Waals surface area contributed by atoms with Crippen LogP contribution >= 0.6 is 0 Å². The Balaban J connectivity index is 1.85. The Hall–Kier alpha value is -2.37. The smallest absolute Gasteiger partial charge is 0.314 e. The first-order valence-electron chi connectivity index (χ1n) is 7.44. The molecule has 0 spiro atoms. The summed E-state index contributed by atoms with van der Waals surface area (Å²) in [5.41, 5.74) is 5.65. The summed E-state index contributed by atoms with van der Waals surface area (Å²) in [6.07, 6.45) is 4.00. The Labute approximate surface area is 129 Å². The minimum absolute atomic E-state index is 0.0213. The Bertz CT molecular complexity index is 551. The molecule has 6 nitrogen and oxygen atoms in total. The van der Waals surface area contributed by atoms with Crippen LogP contribution in [0.15, 0.2) is 24.3 Å². The fourth-order valence-corrected chi connectivity index (χ4v) is 2.72. The van der Waals surface area contributed by atoms with Crippen LogP contribution in [-0.4, -0.2) is 24.8 Å². The number of hydrogen-bond donors (Lipinski definition) is 3. The highest BCUT2D eigenvalue weighted by Crippen LogP contribution is 2.30. The van der Waals surface area contributed by atoms with Crippen LogP contribution in [0.2, 0.25) is 0 Å². The lowest BCUT2D eigenvalue weighted by Crippen LogP contribution is -2.36. The minimum atomic E-state index is -0.271. The van der Waals surface area contributed by atoms with Gasteiger partial charge in [0.2, 0.25) is 0 Å². The number of nitrogens with one attached hydrogen (secondary N) is 2. The summed E-state index contributed by atoms with van der Waals surface area (Å²) in [5.74, 6) is 0.325. The minimum Gasteiger partial charge on any atom is -0.426 e. The number of benzene rings is 1. The predicted octanol–water partition coefficient (Wildman–Crippen LogP) is 1.69. The van der Waals surface area contributed by atoms with E-state index in [1.165, 1.54) is 0 Å². The lowest BCUT2D eigenvalue weighted by molar-refractivity contribution is -0.140. The molecule has 0 aromatic heterocycles. The van der Waals surface area contributed by atoms with Gasteiger partial charge in [-0.25, -0.2) is 0 Å². The van der Waals surface area contributed by atoms with Gasteiger partial charge in [-0.15, -0.1) is 0 Å². The number of carbonyl (C=O) groups is 2. The maximum absolute atomic E-state index is 12.2. The van der Waals surface area contributed by atoms with Gasteiger partial charge in [0.25, 0.3) is 0 Å². The largest absolute Gasteiger partial charge is 0.426 e. The fourth-order valence-electron chi connectivity index (χ4n) is 2.72. The monoisotopic (exact) mass is 303 g/mol. The van der Waals surface area contributed by atoms with Crippen LogP contribution in [0.1, 0.15) is 36.0 Å². The molecule has 0 atom stereocenters. The average Bonchev–Trinajstić information content (AvgIpc) is 2.54. The van der Waals surface area contributed by atoms with Crippen molar-refractivity contribution in [3.63, 3.8) is 0 Å². The highest BCUT2D eigenvalue weighted by Gasteiger charge is 2.28. The quantitative estimate of drug-likeness (QED) is 0.252. The van der Waals surface area contributed by atoms with E-state index < -0.39 is 0 Å². The van der Waals surface area contributed by atoms with Gasteiger partial charge in [-0.2, -0.15) is 0 Å². The fraction of sp³-hybridized carbons (Fsp3) is 0.438. The second-order valence-corrected chi connectivity index (χ2v) is 5.59. The molecule has 0 amide bonds. The van der Waals surface area contributed by atoms with Gasteiger partial charge in [0, 0.05) is 6.54 Å². The van der Waals surface area contributed by atoms with Crippen molar-refractivity contribution in [2.75, 3.05) is 6.54 Å². The van der Waals surface area contributed by atoms with Crippen LogP contribution in [0.5, 0.6) is 5.75 Å². The topological polar surface area (TPSA) is 105 Å². The molecule has 1 aliphatic rings. The molecule has 0 bridgehead atoms. The van der Waals surface area contributed by atoms with Gasteiger partial charge in [0.05, 0.1) is 11.5 Å². The average molecular weight is 303 g/mol. The molecule has 1 aromatic carbocycles. The number of carbonyl (C=O) groups excluding carboxylic acids is 2. The van der Waals surface area contributed by atoms with Gasteiger partial charge in [0.15, 0.2) is 12.2 Å². The molecule has 0 saturated heterocycles. The highest BCUT2D eigenvalue weighted by atomic mass is 16.5. The number of ether oxygens (including phenoxy) is 1. The maximum atomic E-state index is 12.2. The predicted molar refractivity (Wildman–Crippen MR) is 82.8 cm³/mol. The third-order valence-corrected chi connectivity index (χ3v) is 4.02. The Morgan fingerprint density at radius 3 is 2.64 bits per heavy atom. The summed E-state index contributed by atoms with van der Waals surface area (Å²) >= 11 is 0. The van der Waals surface area contributed by atoms with E-state index in [9.17, 15) is 9.59 Å². The summed E-state index contributed by atoms with van der Waals surface area (Å²) < 4.78 is 5.37. The van der Waals surface area contributed by atoms with Crippen molar-refractivity contribution in [1.82, 2.24) is 5.32 Å².